The van der Waals surface area contributed by atoms with E-state index in [9.17, 15) is 0 Å². The summed E-state index contributed by atoms with van der Waals surface area (Å²) in [5.41, 5.74) is 0. The van der Waals surface area contributed by atoms with E-state index in [2.05, 4.69) is 6.92 Å². The van der Waals surface area contributed by atoms with Crippen LogP contribution >= 0.6 is 0 Å². The van der Waals surface area contributed by atoms with Crippen molar-refractivity contribution in [2.24, 2.45) is 17.8 Å². The summed E-state index contributed by atoms with van der Waals surface area (Å²) < 4.78 is 0. The van der Waals surface area contributed by atoms with Gasteiger partial charge in [-0.1, -0.05) is 51.9 Å². The van der Waals surface area contributed by atoms with Crippen LogP contribution in [0.1, 0.15) is 58.3 Å². The summed E-state index contributed by atoms with van der Waals surface area (Å²) in [6, 6.07) is 0. The Morgan fingerprint density at radius 1 is 0.917 bits per heavy atom. The third-order valence-corrected chi connectivity index (χ3v) is 4.25. The van der Waals surface area contributed by atoms with Crippen LogP contribution in [0.4, 0.5) is 0 Å². The fourth-order valence-corrected chi connectivity index (χ4v) is 3.58. The molecule has 2 aliphatic rings. The molecule has 0 spiro atoms. The van der Waals surface area contributed by atoms with Crippen molar-refractivity contribution in [1.29, 1.82) is 0 Å². The number of hydrogen-bond acceptors (Lipinski definition) is 0. The Kier molecular flexibility index (Phi) is 2.73. The normalized spacial score (nSPS) is 42.2. The van der Waals surface area contributed by atoms with Gasteiger partial charge in [-0.3, -0.25) is 0 Å². The van der Waals surface area contributed by atoms with E-state index < -0.39 is 0 Å². The molecule has 0 saturated heterocycles. The molecule has 0 aromatic heterocycles. The molecule has 0 amide bonds. The highest BCUT2D eigenvalue weighted by molar-refractivity contribution is 4.84. The summed E-state index contributed by atoms with van der Waals surface area (Å²) >= 11 is 0. The minimum atomic E-state index is 1.10. The van der Waals surface area contributed by atoms with Gasteiger partial charge in [0.05, 0.1) is 0 Å². The lowest BCUT2D eigenvalue weighted by Crippen LogP contribution is -2.30. The zero-order valence-corrected chi connectivity index (χ0v) is 8.39. The van der Waals surface area contributed by atoms with Crippen LogP contribution in [0.15, 0.2) is 0 Å². The van der Waals surface area contributed by atoms with Crippen LogP contribution in [0.2, 0.25) is 0 Å². The van der Waals surface area contributed by atoms with E-state index in [-0.39, 0.29) is 0 Å². The van der Waals surface area contributed by atoms with Crippen molar-refractivity contribution in [3.8, 4) is 0 Å². The van der Waals surface area contributed by atoms with E-state index in [1.807, 2.05) is 0 Å². The molecule has 0 aromatic rings. The summed E-state index contributed by atoms with van der Waals surface area (Å²) in [6.07, 6.45) is 12.2. The van der Waals surface area contributed by atoms with E-state index in [1.54, 1.807) is 19.3 Å². The third-order valence-electron chi connectivity index (χ3n) is 4.25. The minimum Gasteiger partial charge on any atom is -0.0651 e. The van der Waals surface area contributed by atoms with E-state index in [1.165, 1.54) is 32.1 Å². The molecule has 0 aliphatic heterocycles. The summed E-state index contributed by atoms with van der Waals surface area (Å²) in [6.45, 7) is 2.39. The maximum Gasteiger partial charge on any atom is -0.0358 e. The molecule has 70 valence electrons. The van der Waals surface area contributed by atoms with Gasteiger partial charge in [0.25, 0.3) is 0 Å². The molecule has 0 heteroatoms. The maximum absolute atomic E-state index is 2.39. The molecule has 2 aliphatic carbocycles. The van der Waals surface area contributed by atoms with E-state index in [0.29, 0.717) is 0 Å². The SMILES string of the molecule is CC[C@@H]1CCC[C@@H]2CCCCC21. The molecule has 0 aromatic carbocycles. The number of hydrogen-bond donors (Lipinski definition) is 0. The largest absolute Gasteiger partial charge is 0.0651 e. The van der Waals surface area contributed by atoms with Gasteiger partial charge in [-0.2, -0.15) is 0 Å². The van der Waals surface area contributed by atoms with Gasteiger partial charge in [0.1, 0.15) is 0 Å². The van der Waals surface area contributed by atoms with Gasteiger partial charge in [0.15, 0.2) is 0 Å². The number of fused-ring (bicyclic) bond motifs is 1. The second-order valence-corrected chi connectivity index (χ2v) is 4.81. The van der Waals surface area contributed by atoms with Crippen LogP contribution in [-0.2, 0) is 0 Å². The first-order valence-corrected chi connectivity index (χ1v) is 5.92. The Balaban J connectivity index is 1.99. The van der Waals surface area contributed by atoms with Crippen LogP contribution in [0.3, 0.4) is 0 Å². The van der Waals surface area contributed by atoms with Gasteiger partial charge in [0.2, 0.25) is 0 Å². The van der Waals surface area contributed by atoms with Gasteiger partial charge in [-0.25, -0.2) is 0 Å². The summed E-state index contributed by atoms with van der Waals surface area (Å²) in [5.74, 6) is 3.37. The van der Waals surface area contributed by atoms with Gasteiger partial charge in [-0.15, -0.1) is 0 Å². The zero-order chi connectivity index (χ0) is 8.39. The molecule has 0 heterocycles. The average Bonchev–Trinajstić information content (AvgIpc) is 2.17. The molecule has 2 rings (SSSR count). The monoisotopic (exact) mass is 166 g/mol. The van der Waals surface area contributed by atoms with Crippen molar-refractivity contribution in [2.45, 2.75) is 58.3 Å². The Hall–Kier alpha value is 0. The zero-order valence-electron chi connectivity index (χ0n) is 8.39. The summed E-state index contributed by atoms with van der Waals surface area (Å²) in [7, 11) is 0. The maximum atomic E-state index is 2.39. The number of rotatable bonds is 1. The molecule has 2 saturated carbocycles. The molecule has 12 heavy (non-hydrogen) atoms. The van der Waals surface area contributed by atoms with Crippen LogP contribution in [0.5, 0.6) is 0 Å². The Morgan fingerprint density at radius 2 is 1.67 bits per heavy atom. The predicted molar refractivity (Wildman–Crippen MR) is 53.1 cm³/mol. The van der Waals surface area contributed by atoms with Gasteiger partial charge in [-0.05, 0) is 24.2 Å². The Morgan fingerprint density at radius 3 is 2.50 bits per heavy atom. The highest BCUT2D eigenvalue weighted by Gasteiger charge is 2.33. The van der Waals surface area contributed by atoms with Gasteiger partial charge in [0, 0.05) is 0 Å². The topological polar surface area (TPSA) is 0 Å². The van der Waals surface area contributed by atoms with Crippen LogP contribution < -0.4 is 0 Å². The minimum absolute atomic E-state index is 1.10. The lowest BCUT2D eigenvalue weighted by molar-refractivity contribution is 0.101. The van der Waals surface area contributed by atoms with E-state index >= 15 is 0 Å². The molecular formula is C12H22. The summed E-state index contributed by atoms with van der Waals surface area (Å²) in [4.78, 5) is 0. The molecule has 0 radical (unpaired) electrons. The van der Waals surface area contributed by atoms with Gasteiger partial charge >= 0.3 is 0 Å². The molecule has 0 nitrogen and oxygen atoms in total. The van der Waals surface area contributed by atoms with Crippen molar-refractivity contribution in [3.63, 3.8) is 0 Å². The second kappa shape index (κ2) is 3.81. The molecule has 1 unspecified atom stereocenters. The van der Waals surface area contributed by atoms with Crippen molar-refractivity contribution in [3.05, 3.63) is 0 Å². The fourth-order valence-electron chi connectivity index (χ4n) is 3.58. The lowest BCUT2D eigenvalue weighted by atomic mass is 9.65. The molecular weight excluding hydrogens is 144 g/mol. The van der Waals surface area contributed by atoms with Crippen LogP contribution in [0, 0.1) is 17.8 Å². The lowest BCUT2D eigenvalue weighted by Gasteiger charge is -2.41. The fraction of sp³-hybridized carbons (Fsp3) is 1.00. The standard InChI is InChI=1S/C12H22/c1-2-10-7-5-8-11-6-3-4-9-12(10)11/h10-12H,2-9H2,1H3/t10-,11+,12?/m1/s1. The average molecular weight is 166 g/mol. The van der Waals surface area contributed by atoms with Gasteiger partial charge < -0.3 is 0 Å². The van der Waals surface area contributed by atoms with Crippen LogP contribution in [0.25, 0.3) is 0 Å². The highest BCUT2D eigenvalue weighted by atomic mass is 14.4. The van der Waals surface area contributed by atoms with Crippen LogP contribution in [-0.4, -0.2) is 0 Å². The van der Waals surface area contributed by atoms with Crippen molar-refractivity contribution in [2.75, 3.05) is 0 Å². The first-order valence-electron chi connectivity index (χ1n) is 5.92. The quantitative estimate of drug-likeness (QED) is 0.552. The first-order chi connectivity index (χ1) is 5.92. The van der Waals surface area contributed by atoms with Crippen molar-refractivity contribution < 1.29 is 0 Å². The molecule has 0 N–H and O–H groups in total. The third kappa shape index (κ3) is 1.53. The Bertz CT molecular complexity index is 130. The van der Waals surface area contributed by atoms with E-state index in [0.717, 1.165) is 17.8 Å². The first kappa shape index (κ1) is 8.59. The summed E-state index contributed by atoms with van der Waals surface area (Å²) in [5, 5.41) is 0. The predicted octanol–water partition coefficient (Wildman–Crippen LogP) is 4.00. The Labute approximate surface area is 76.7 Å². The highest BCUT2D eigenvalue weighted by Crippen LogP contribution is 2.44. The molecule has 2 fully saturated rings. The molecule has 0 bridgehead atoms. The second-order valence-electron chi connectivity index (χ2n) is 4.81. The smallest absolute Gasteiger partial charge is 0.0358 e. The molecule has 3 atom stereocenters. The van der Waals surface area contributed by atoms with Crippen molar-refractivity contribution >= 4 is 0 Å². The van der Waals surface area contributed by atoms with Crippen molar-refractivity contribution in [1.82, 2.24) is 0 Å². The van der Waals surface area contributed by atoms with E-state index in [4.69, 9.17) is 0 Å².